The van der Waals surface area contributed by atoms with Crippen molar-refractivity contribution in [1.82, 2.24) is 0 Å². The van der Waals surface area contributed by atoms with Crippen LogP contribution in [-0.2, 0) is 9.59 Å². The summed E-state index contributed by atoms with van der Waals surface area (Å²) in [5.41, 5.74) is 4.53. The van der Waals surface area contributed by atoms with E-state index in [1.807, 2.05) is 0 Å². The monoisotopic (exact) mass is 219 g/mol. The van der Waals surface area contributed by atoms with Crippen LogP contribution < -0.4 is 5.73 Å². The van der Waals surface area contributed by atoms with E-state index in [2.05, 4.69) is 5.73 Å². The van der Waals surface area contributed by atoms with Crippen molar-refractivity contribution in [3.8, 4) is 0 Å². The molecule has 0 saturated heterocycles. The smallest absolute Gasteiger partial charge is 0.326 e. The molecule has 5 nitrogen and oxygen atoms in total. The second-order valence-electron chi connectivity index (χ2n) is 2.15. The van der Waals surface area contributed by atoms with Crippen LogP contribution in [0.15, 0.2) is 0 Å². The van der Waals surface area contributed by atoms with Crippen LogP contribution in [0, 0.1) is 0 Å². The molecule has 1 unspecified atom stereocenters. The van der Waals surface area contributed by atoms with Gasteiger partial charge in [-0.25, -0.2) is 8.78 Å². The number of aliphatic carboxylic acids is 2. The zero-order chi connectivity index (χ0) is 9.94. The SMILES string of the molecule is Cl.NC(C(=O)O)C(F)(F)CC(=O)O. The van der Waals surface area contributed by atoms with Crippen LogP contribution in [0.4, 0.5) is 8.78 Å². The molecule has 78 valence electrons. The van der Waals surface area contributed by atoms with Gasteiger partial charge in [-0.2, -0.15) is 0 Å². The first-order valence-corrected chi connectivity index (χ1v) is 2.85. The Labute approximate surface area is 77.9 Å². The highest BCUT2D eigenvalue weighted by molar-refractivity contribution is 5.85. The molecule has 0 aliphatic rings. The van der Waals surface area contributed by atoms with Gasteiger partial charge in [0.05, 0.1) is 0 Å². The molecule has 0 saturated carbocycles. The van der Waals surface area contributed by atoms with Crippen LogP contribution >= 0.6 is 12.4 Å². The fourth-order valence-corrected chi connectivity index (χ4v) is 0.492. The van der Waals surface area contributed by atoms with Crippen LogP contribution in [0.25, 0.3) is 0 Å². The van der Waals surface area contributed by atoms with Gasteiger partial charge in [0.2, 0.25) is 0 Å². The summed E-state index contributed by atoms with van der Waals surface area (Å²) in [6, 6.07) is -2.48. The number of carbonyl (C=O) groups is 2. The molecule has 0 spiro atoms. The lowest BCUT2D eigenvalue weighted by Gasteiger charge is -2.17. The topological polar surface area (TPSA) is 101 Å². The first kappa shape index (κ1) is 14.6. The van der Waals surface area contributed by atoms with Crippen LogP contribution in [0.3, 0.4) is 0 Å². The third-order valence-corrected chi connectivity index (χ3v) is 1.11. The Balaban J connectivity index is 0. The van der Waals surface area contributed by atoms with E-state index >= 15 is 0 Å². The molecule has 0 heterocycles. The highest BCUT2D eigenvalue weighted by Crippen LogP contribution is 2.21. The van der Waals surface area contributed by atoms with Gasteiger partial charge in [0.25, 0.3) is 5.92 Å². The zero-order valence-corrected chi connectivity index (χ0v) is 7.05. The molecule has 1 atom stereocenters. The lowest BCUT2D eigenvalue weighted by atomic mass is 10.1. The van der Waals surface area contributed by atoms with Crippen molar-refractivity contribution < 1.29 is 28.6 Å². The minimum Gasteiger partial charge on any atom is -0.481 e. The molecule has 0 bridgehead atoms. The quantitative estimate of drug-likeness (QED) is 0.615. The van der Waals surface area contributed by atoms with Crippen LogP contribution in [-0.4, -0.2) is 34.1 Å². The molecule has 0 aromatic rings. The normalized spacial score (nSPS) is 12.8. The summed E-state index contributed by atoms with van der Waals surface area (Å²) in [4.78, 5) is 19.7. The number of carboxylic acids is 2. The summed E-state index contributed by atoms with van der Waals surface area (Å²) in [5, 5.41) is 16.0. The van der Waals surface area contributed by atoms with Crippen LogP contribution in [0.2, 0.25) is 0 Å². The van der Waals surface area contributed by atoms with Gasteiger partial charge in [0, 0.05) is 0 Å². The van der Waals surface area contributed by atoms with E-state index in [-0.39, 0.29) is 12.4 Å². The average Bonchev–Trinajstić information content (AvgIpc) is 1.82. The highest BCUT2D eigenvalue weighted by Gasteiger charge is 2.43. The number of hydrogen-bond acceptors (Lipinski definition) is 3. The second kappa shape index (κ2) is 4.93. The molecule has 0 radical (unpaired) electrons. The second-order valence-corrected chi connectivity index (χ2v) is 2.15. The van der Waals surface area contributed by atoms with Gasteiger partial charge >= 0.3 is 11.9 Å². The van der Waals surface area contributed by atoms with Gasteiger partial charge in [-0.05, 0) is 0 Å². The molecule has 13 heavy (non-hydrogen) atoms. The zero-order valence-electron chi connectivity index (χ0n) is 6.24. The number of rotatable bonds is 4. The van der Waals surface area contributed by atoms with Crippen LogP contribution in [0.5, 0.6) is 0 Å². The number of halogens is 3. The summed E-state index contributed by atoms with van der Waals surface area (Å²) in [7, 11) is 0. The largest absolute Gasteiger partial charge is 0.481 e. The van der Waals surface area contributed by atoms with Gasteiger partial charge < -0.3 is 15.9 Å². The molecular weight excluding hydrogens is 212 g/mol. The Hall–Kier alpha value is -0.950. The van der Waals surface area contributed by atoms with Gasteiger partial charge in [-0.3, -0.25) is 9.59 Å². The van der Waals surface area contributed by atoms with E-state index in [9.17, 15) is 18.4 Å². The molecular formula is C5H8ClF2NO4. The summed E-state index contributed by atoms with van der Waals surface area (Å²) >= 11 is 0. The molecule has 4 N–H and O–H groups in total. The lowest BCUT2D eigenvalue weighted by molar-refractivity contribution is -0.155. The number of carboxylic acid groups (broad SMARTS) is 2. The van der Waals surface area contributed by atoms with E-state index in [0.717, 1.165) is 0 Å². The van der Waals surface area contributed by atoms with Crippen molar-refractivity contribution in [2.45, 2.75) is 18.4 Å². The summed E-state index contributed by atoms with van der Waals surface area (Å²) in [5.74, 6) is -7.64. The molecule has 0 aliphatic carbocycles. The minimum absolute atomic E-state index is 0. The van der Waals surface area contributed by atoms with E-state index in [0.29, 0.717) is 0 Å². The molecule has 8 heteroatoms. The first-order valence-electron chi connectivity index (χ1n) is 2.85. The number of nitrogens with two attached hydrogens (primary N) is 1. The summed E-state index contributed by atoms with van der Waals surface area (Å²) in [6.45, 7) is 0. The first-order chi connectivity index (χ1) is 5.27. The van der Waals surface area contributed by atoms with Gasteiger partial charge in [0.15, 0.2) is 6.04 Å². The Kier molecular flexibility index (Phi) is 5.52. The van der Waals surface area contributed by atoms with Crippen molar-refractivity contribution in [1.29, 1.82) is 0 Å². The van der Waals surface area contributed by atoms with Gasteiger partial charge in [0.1, 0.15) is 6.42 Å². The van der Waals surface area contributed by atoms with E-state index in [1.165, 1.54) is 0 Å². The lowest BCUT2D eigenvalue weighted by Crippen LogP contribution is -2.48. The predicted octanol–water partition coefficient (Wildman–Crippen LogP) is -0.0699. The van der Waals surface area contributed by atoms with Crippen molar-refractivity contribution in [3.63, 3.8) is 0 Å². The van der Waals surface area contributed by atoms with Crippen molar-refractivity contribution >= 4 is 24.3 Å². The Morgan fingerprint density at radius 2 is 1.77 bits per heavy atom. The standard InChI is InChI=1S/C5H7F2NO4.ClH/c6-5(7,1-2(9)10)3(8)4(11)12;/h3H,1,8H2,(H,9,10)(H,11,12);1H. The van der Waals surface area contributed by atoms with E-state index in [4.69, 9.17) is 10.2 Å². The molecule has 0 fully saturated rings. The highest BCUT2D eigenvalue weighted by atomic mass is 35.5. The maximum atomic E-state index is 12.4. The minimum atomic E-state index is -3.92. The fraction of sp³-hybridized carbons (Fsp3) is 0.600. The molecule has 0 amide bonds. The van der Waals surface area contributed by atoms with Crippen molar-refractivity contribution in [2.75, 3.05) is 0 Å². The number of hydrogen-bond donors (Lipinski definition) is 3. The average molecular weight is 220 g/mol. The van der Waals surface area contributed by atoms with E-state index < -0.39 is 30.3 Å². The fourth-order valence-electron chi connectivity index (χ4n) is 0.492. The Morgan fingerprint density at radius 1 is 1.38 bits per heavy atom. The Bertz CT molecular complexity index is 211. The van der Waals surface area contributed by atoms with Crippen LogP contribution in [0.1, 0.15) is 6.42 Å². The molecule has 0 aromatic carbocycles. The van der Waals surface area contributed by atoms with Gasteiger partial charge in [-0.1, -0.05) is 0 Å². The predicted molar refractivity (Wildman–Crippen MR) is 40.1 cm³/mol. The third kappa shape index (κ3) is 4.58. The summed E-state index contributed by atoms with van der Waals surface area (Å²) < 4.78 is 24.9. The van der Waals surface area contributed by atoms with Crippen molar-refractivity contribution in [2.24, 2.45) is 5.73 Å². The summed E-state index contributed by atoms with van der Waals surface area (Å²) in [6.07, 6.45) is -1.58. The number of alkyl halides is 2. The Morgan fingerprint density at radius 3 is 2.00 bits per heavy atom. The third-order valence-electron chi connectivity index (χ3n) is 1.11. The maximum absolute atomic E-state index is 12.4. The van der Waals surface area contributed by atoms with Crippen molar-refractivity contribution in [3.05, 3.63) is 0 Å². The van der Waals surface area contributed by atoms with Gasteiger partial charge in [-0.15, -0.1) is 12.4 Å². The van der Waals surface area contributed by atoms with E-state index in [1.54, 1.807) is 0 Å². The molecule has 0 aliphatic heterocycles. The molecule has 0 aromatic heterocycles. The molecule has 0 rings (SSSR count). The maximum Gasteiger partial charge on any atom is 0.326 e.